The van der Waals surface area contributed by atoms with Crippen LogP contribution in [-0.4, -0.2) is 29.6 Å². The largest absolute Gasteiger partial charge is 0.480 e. The van der Waals surface area contributed by atoms with E-state index in [9.17, 15) is 14.7 Å². The van der Waals surface area contributed by atoms with Crippen LogP contribution in [0.4, 0.5) is 11.4 Å². The maximum atomic E-state index is 12.3. The van der Waals surface area contributed by atoms with Gasteiger partial charge in [-0.2, -0.15) is 0 Å². The summed E-state index contributed by atoms with van der Waals surface area (Å²) in [7, 11) is 0. The number of carboxylic acid groups (broad SMARTS) is 1. The van der Waals surface area contributed by atoms with E-state index >= 15 is 0 Å². The van der Waals surface area contributed by atoms with E-state index in [4.69, 9.17) is 0 Å². The summed E-state index contributed by atoms with van der Waals surface area (Å²) >= 11 is 0. The number of carboxylic acids is 1. The minimum absolute atomic E-state index is 0.117. The molecule has 1 aliphatic rings. The molecular weight excluding hydrogens is 292 g/mol. The van der Waals surface area contributed by atoms with Crippen LogP contribution in [0.5, 0.6) is 0 Å². The normalized spacial score (nSPS) is 14.8. The van der Waals surface area contributed by atoms with Crippen LogP contribution in [0.25, 0.3) is 0 Å². The number of nitrogens with zero attached hydrogens (tertiary/aromatic N) is 1. The molecule has 5 nitrogen and oxygen atoms in total. The average molecular weight is 310 g/mol. The van der Waals surface area contributed by atoms with Crippen molar-refractivity contribution in [1.82, 2.24) is 0 Å². The average Bonchev–Trinajstić information content (AvgIpc) is 2.57. The number of aliphatic carboxylic acids is 1. The lowest BCUT2D eigenvalue weighted by Crippen LogP contribution is -2.50. The second-order valence-corrected chi connectivity index (χ2v) is 5.51. The van der Waals surface area contributed by atoms with Gasteiger partial charge in [-0.3, -0.25) is 9.69 Å². The Kier molecular flexibility index (Phi) is 4.28. The molecule has 2 aromatic carbocycles. The molecular formula is C18H18N2O3. The summed E-state index contributed by atoms with van der Waals surface area (Å²) in [4.78, 5) is 25.5. The smallest absolute Gasteiger partial charge is 0.326 e. The molecule has 118 valence electrons. The number of fused-ring (bicyclic) bond motifs is 1. The molecule has 1 unspecified atom stereocenters. The number of hydrogen-bond donors (Lipinski definition) is 2. The number of carbonyl (C=O) groups is 2. The highest BCUT2D eigenvalue weighted by atomic mass is 16.4. The van der Waals surface area contributed by atoms with Crippen molar-refractivity contribution in [2.45, 2.75) is 18.9 Å². The van der Waals surface area contributed by atoms with Crippen LogP contribution in [0.3, 0.4) is 0 Å². The van der Waals surface area contributed by atoms with Crippen LogP contribution in [0, 0.1) is 0 Å². The molecule has 0 saturated carbocycles. The van der Waals surface area contributed by atoms with Crippen molar-refractivity contribution >= 4 is 23.3 Å². The first-order chi connectivity index (χ1) is 11.2. The third-order valence-electron chi connectivity index (χ3n) is 4.01. The van der Waals surface area contributed by atoms with Crippen molar-refractivity contribution in [3.8, 4) is 0 Å². The number of para-hydroxylation sites is 2. The molecule has 5 heteroatoms. The third kappa shape index (κ3) is 3.18. The molecule has 2 N–H and O–H groups in total. The van der Waals surface area contributed by atoms with Crippen LogP contribution in [-0.2, 0) is 16.0 Å². The summed E-state index contributed by atoms with van der Waals surface area (Å²) in [6.45, 7) is 0.117. The molecule has 23 heavy (non-hydrogen) atoms. The van der Waals surface area contributed by atoms with E-state index in [-0.39, 0.29) is 12.5 Å². The Morgan fingerprint density at radius 2 is 1.83 bits per heavy atom. The van der Waals surface area contributed by atoms with Gasteiger partial charge in [0, 0.05) is 0 Å². The zero-order valence-corrected chi connectivity index (χ0v) is 12.6. The lowest BCUT2D eigenvalue weighted by Gasteiger charge is -2.34. The van der Waals surface area contributed by atoms with E-state index in [1.807, 2.05) is 48.5 Å². The lowest BCUT2D eigenvalue weighted by atomic mass is 10.0. The number of rotatable bonds is 5. The summed E-state index contributed by atoms with van der Waals surface area (Å²) in [6, 6.07) is 16.1. The second-order valence-electron chi connectivity index (χ2n) is 5.51. The van der Waals surface area contributed by atoms with Gasteiger partial charge in [-0.15, -0.1) is 0 Å². The van der Waals surface area contributed by atoms with Gasteiger partial charge in [0.1, 0.15) is 6.04 Å². The highest BCUT2D eigenvalue weighted by molar-refractivity contribution is 6.06. The second kappa shape index (κ2) is 6.52. The maximum Gasteiger partial charge on any atom is 0.326 e. The standard InChI is InChI=1S/C18H18N2O3/c21-17-12-19-14-8-4-5-9-15(14)20(17)16(18(22)23)11-10-13-6-2-1-3-7-13/h1-9,16,19H,10-12H2,(H,22,23). The van der Waals surface area contributed by atoms with Crippen LogP contribution in [0.1, 0.15) is 12.0 Å². The van der Waals surface area contributed by atoms with Crippen molar-refractivity contribution in [2.75, 3.05) is 16.8 Å². The Hall–Kier alpha value is -2.82. The van der Waals surface area contributed by atoms with Gasteiger partial charge in [-0.1, -0.05) is 42.5 Å². The third-order valence-corrected chi connectivity index (χ3v) is 4.01. The van der Waals surface area contributed by atoms with Crippen LogP contribution in [0.15, 0.2) is 54.6 Å². The van der Waals surface area contributed by atoms with E-state index in [0.717, 1.165) is 11.3 Å². The van der Waals surface area contributed by atoms with Gasteiger partial charge in [0.05, 0.1) is 17.9 Å². The van der Waals surface area contributed by atoms with Gasteiger partial charge in [0.25, 0.3) is 0 Å². The quantitative estimate of drug-likeness (QED) is 0.890. The summed E-state index contributed by atoms with van der Waals surface area (Å²) in [6.07, 6.45) is 0.983. The Labute approximate surface area is 134 Å². The van der Waals surface area contributed by atoms with E-state index < -0.39 is 12.0 Å². The SMILES string of the molecule is O=C(O)C(CCc1ccccc1)N1C(=O)CNc2ccccc21. The summed E-state index contributed by atoms with van der Waals surface area (Å²) in [5, 5.41) is 12.7. The van der Waals surface area contributed by atoms with E-state index in [2.05, 4.69) is 5.32 Å². The molecule has 0 saturated heterocycles. The number of carbonyl (C=O) groups excluding carboxylic acids is 1. The van der Waals surface area contributed by atoms with Crippen molar-refractivity contribution < 1.29 is 14.7 Å². The fourth-order valence-electron chi connectivity index (χ4n) is 2.88. The molecule has 0 aliphatic carbocycles. The predicted octanol–water partition coefficient (Wildman–Crippen LogP) is 2.53. The fraction of sp³-hybridized carbons (Fsp3) is 0.222. The summed E-state index contributed by atoms with van der Waals surface area (Å²) in [5.41, 5.74) is 2.48. The molecule has 0 spiro atoms. The zero-order chi connectivity index (χ0) is 16.2. The van der Waals surface area contributed by atoms with Crippen LogP contribution >= 0.6 is 0 Å². The molecule has 0 radical (unpaired) electrons. The van der Waals surface area contributed by atoms with E-state index in [1.54, 1.807) is 6.07 Å². The predicted molar refractivity (Wildman–Crippen MR) is 88.6 cm³/mol. The van der Waals surface area contributed by atoms with Gasteiger partial charge in [0.15, 0.2) is 0 Å². The Bertz CT molecular complexity index is 715. The minimum Gasteiger partial charge on any atom is -0.480 e. The van der Waals surface area contributed by atoms with Gasteiger partial charge in [0.2, 0.25) is 5.91 Å². The van der Waals surface area contributed by atoms with Crippen molar-refractivity contribution in [3.05, 3.63) is 60.2 Å². The Morgan fingerprint density at radius 1 is 1.13 bits per heavy atom. The van der Waals surface area contributed by atoms with Crippen LogP contribution in [0.2, 0.25) is 0 Å². The van der Waals surface area contributed by atoms with Crippen molar-refractivity contribution in [3.63, 3.8) is 0 Å². The molecule has 0 fully saturated rings. The summed E-state index contributed by atoms with van der Waals surface area (Å²) < 4.78 is 0. The van der Waals surface area contributed by atoms with E-state index in [1.165, 1.54) is 4.90 Å². The number of nitrogens with one attached hydrogen (secondary N) is 1. The van der Waals surface area contributed by atoms with Gasteiger partial charge >= 0.3 is 5.97 Å². The topological polar surface area (TPSA) is 69.6 Å². The van der Waals surface area contributed by atoms with Crippen molar-refractivity contribution in [1.29, 1.82) is 0 Å². The number of aryl methyl sites for hydroxylation is 1. The van der Waals surface area contributed by atoms with Crippen molar-refractivity contribution in [2.24, 2.45) is 0 Å². The number of hydrogen-bond acceptors (Lipinski definition) is 3. The first kappa shape index (κ1) is 15.1. The zero-order valence-electron chi connectivity index (χ0n) is 12.6. The van der Waals surface area contributed by atoms with Crippen LogP contribution < -0.4 is 10.2 Å². The maximum absolute atomic E-state index is 12.3. The van der Waals surface area contributed by atoms with Gasteiger partial charge in [-0.05, 0) is 30.5 Å². The lowest BCUT2D eigenvalue weighted by molar-refractivity contribution is -0.140. The molecule has 1 aliphatic heterocycles. The van der Waals surface area contributed by atoms with E-state index in [0.29, 0.717) is 18.5 Å². The highest BCUT2D eigenvalue weighted by Crippen LogP contribution is 2.31. The fourth-order valence-corrected chi connectivity index (χ4v) is 2.88. The molecule has 0 aromatic heterocycles. The molecule has 1 heterocycles. The van der Waals surface area contributed by atoms with Gasteiger partial charge in [-0.25, -0.2) is 4.79 Å². The Balaban J connectivity index is 1.86. The highest BCUT2D eigenvalue weighted by Gasteiger charge is 2.34. The Morgan fingerprint density at radius 3 is 2.57 bits per heavy atom. The number of benzene rings is 2. The van der Waals surface area contributed by atoms with Gasteiger partial charge < -0.3 is 10.4 Å². The molecule has 0 bridgehead atoms. The monoisotopic (exact) mass is 310 g/mol. The molecule has 3 rings (SSSR count). The first-order valence-electron chi connectivity index (χ1n) is 7.58. The molecule has 1 atom stereocenters. The summed E-state index contributed by atoms with van der Waals surface area (Å²) in [5.74, 6) is -1.20. The first-order valence-corrected chi connectivity index (χ1v) is 7.58. The molecule has 1 amide bonds. The number of amides is 1. The number of anilines is 2. The minimum atomic E-state index is -0.981. The molecule has 2 aromatic rings.